The van der Waals surface area contributed by atoms with E-state index in [2.05, 4.69) is 73.2 Å². The van der Waals surface area contributed by atoms with Crippen LogP contribution in [-0.4, -0.2) is 47.1 Å². The fourth-order valence-corrected chi connectivity index (χ4v) is 12.8. The molecule has 0 aliphatic rings. The Morgan fingerprint density at radius 1 is 0.906 bits per heavy atom. The van der Waals surface area contributed by atoms with Crippen LogP contribution in [-0.2, 0) is 22.1 Å². The van der Waals surface area contributed by atoms with Gasteiger partial charge in [0.15, 0.2) is 0 Å². The van der Waals surface area contributed by atoms with Gasteiger partial charge in [-0.25, -0.2) is 4.79 Å². The molecule has 278 valence electrons. The minimum Gasteiger partial charge on any atom is -0.407 e. The minimum atomic E-state index is -4.52. The highest BCUT2D eigenvalue weighted by Gasteiger charge is 2.51. The molecule has 0 aliphatic carbocycles. The Hall–Kier alpha value is -4.36. The van der Waals surface area contributed by atoms with E-state index >= 15 is 0 Å². The summed E-state index contributed by atoms with van der Waals surface area (Å²) < 4.78 is 60.7. The van der Waals surface area contributed by atoms with Crippen LogP contribution in [0.25, 0.3) is 32.7 Å². The van der Waals surface area contributed by atoms with E-state index in [9.17, 15) is 18.0 Å². The van der Waals surface area contributed by atoms with Crippen LogP contribution in [0.2, 0.25) is 5.04 Å². The van der Waals surface area contributed by atoms with Crippen molar-refractivity contribution in [3.63, 3.8) is 0 Å². The van der Waals surface area contributed by atoms with Crippen molar-refractivity contribution in [1.29, 1.82) is 0 Å². The largest absolute Gasteiger partial charge is 0.407 e. The molecule has 0 aliphatic heterocycles. The van der Waals surface area contributed by atoms with Gasteiger partial charge < -0.3 is 13.7 Å². The van der Waals surface area contributed by atoms with E-state index in [0.717, 1.165) is 27.5 Å². The molecule has 3 heterocycles. The summed E-state index contributed by atoms with van der Waals surface area (Å²) in [6.07, 6.45) is -3.00. The monoisotopic (exact) mass is 758 g/mol. The number of hydrogen-bond acceptors (Lipinski definition) is 6. The molecule has 0 bridgehead atoms. The quantitative estimate of drug-likeness (QED) is 0.126. The minimum absolute atomic E-state index is 0.263. The standard InChI is InChI=1S/C41H45F3N4O3SSi/c1-27(50-7)35-31(19-14-22-45-35)36-33(32-23-28(37-46-38(49)47-52-37)20-21-34(32)48(36)25-41(42,43)44)24-40(5,6)26-51-53(39(2,3)4,29-15-10-8-11-16-29)30-17-12-9-13-18-30/h8-23,27H,24-26H2,1-7H3,(H,47,49). The van der Waals surface area contributed by atoms with Gasteiger partial charge in [0.1, 0.15) is 11.6 Å². The fraction of sp³-hybridized carbons (Fsp3) is 0.341. The number of aromatic amines is 1. The van der Waals surface area contributed by atoms with Gasteiger partial charge in [-0.05, 0) is 81.6 Å². The third-order valence-corrected chi connectivity index (χ3v) is 15.6. The van der Waals surface area contributed by atoms with Crippen molar-refractivity contribution in [2.75, 3.05) is 13.7 Å². The lowest BCUT2D eigenvalue weighted by atomic mass is 9.84. The molecule has 3 aromatic carbocycles. The second-order valence-electron chi connectivity index (χ2n) is 15.3. The van der Waals surface area contributed by atoms with Crippen molar-refractivity contribution in [3.8, 4) is 21.8 Å². The van der Waals surface area contributed by atoms with Gasteiger partial charge >= 0.3 is 11.9 Å². The highest BCUT2D eigenvalue weighted by molar-refractivity contribution is 7.09. The summed E-state index contributed by atoms with van der Waals surface area (Å²) in [5, 5.41) is 3.13. The van der Waals surface area contributed by atoms with E-state index in [1.807, 2.05) is 55.5 Å². The van der Waals surface area contributed by atoms with E-state index < -0.39 is 38.2 Å². The number of benzene rings is 3. The summed E-state index contributed by atoms with van der Waals surface area (Å²) >= 11 is 1.09. The van der Waals surface area contributed by atoms with Crippen LogP contribution in [0.3, 0.4) is 0 Å². The maximum Gasteiger partial charge on any atom is 0.406 e. The average Bonchev–Trinajstić information content (AvgIpc) is 3.68. The Bertz CT molecular complexity index is 2200. The molecule has 0 saturated heterocycles. The van der Waals surface area contributed by atoms with Crippen LogP contribution in [0.4, 0.5) is 13.2 Å². The second-order valence-corrected chi connectivity index (χ2v) is 20.4. The van der Waals surface area contributed by atoms with Crippen LogP contribution in [0.15, 0.2) is 102 Å². The van der Waals surface area contributed by atoms with Gasteiger partial charge in [-0.3, -0.25) is 9.36 Å². The smallest absolute Gasteiger partial charge is 0.406 e. The maximum atomic E-state index is 14.5. The number of hydrogen-bond donors (Lipinski definition) is 1. The molecule has 0 amide bonds. The molecule has 6 aromatic rings. The number of aromatic nitrogens is 4. The molecule has 1 atom stereocenters. The summed E-state index contributed by atoms with van der Waals surface area (Å²) in [4.78, 5) is 20.7. The van der Waals surface area contributed by atoms with Crippen LogP contribution >= 0.6 is 11.5 Å². The van der Waals surface area contributed by atoms with Crippen LogP contribution in [0.1, 0.15) is 58.9 Å². The van der Waals surface area contributed by atoms with Gasteiger partial charge in [-0.15, -0.1) is 0 Å². The fourth-order valence-electron chi connectivity index (χ4n) is 7.39. The number of nitrogens with zero attached hydrogens (tertiary/aromatic N) is 3. The summed E-state index contributed by atoms with van der Waals surface area (Å²) in [5.74, 6) is 0. The summed E-state index contributed by atoms with van der Waals surface area (Å²) in [6, 6.07) is 29.6. The molecule has 6 rings (SSSR count). The van der Waals surface area contributed by atoms with Gasteiger partial charge in [-0.2, -0.15) is 18.2 Å². The molecule has 0 saturated carbocycles. The van der Waals surface area contributed by atoms with Gasteiger partial charge in [0.25, 0.3) is 8.32 Å². The predicted octanol–water partition coefficient (Wildman–Crippen LogP) is 8.93. The first-order valence-corrected chi connectivity index (χ1v) is 20.3. The molecule has 53 heavy (non-hydrogen) atoms. The molecule has 12 heteroatoms. The number of alkyl halides is 3. The third-order valence-electron chi connectivity index (χ3n) is 9.77. The molecule has 1 unspecified atom stereocenters. The number of ether oxygens (including phenoxy) is 1. The summed E-state index contributed by atoms with van der Waals surface area (Å²) in [7, 11) is -1.38. The first kappa shape index (κ1) is 38.4. The van der Waals surface area contributed by atoms with Gasteiger partial charge in [0.2, 0.25) is 0 Å². The van der Waals surface area contributed by atoms with E-state index in [1.165, 1.54) is 4.57 Å². The van der Waals surface area contributed by atoms with E-state index in [1.54, 1.807) is 31.5 Å². The number of halogens is 3. The number of fused-ring (bicyclic) bond motifs is 1. The van der Waals surface area contributed by atoms with Crippen molar-refractivity contribution >= 4 is 41.1 Å². The van der Waals surface area contributed by atoms with Crippen molar-refractivity contribution < 1.29 is 22.3 Å². The Labute approximate surface area is 313 Å². The van der Waals surface area contributed by atoms with Crippen molar-refractivity contribution in [3.05, 3.63) is 119 Å². The number of rotatable bonds is 12. The number of nitrogens with one attached hydrogen (secondary N) is 1. The third kappa shape index (κ3) is 7.82. The Balaban J connectivity index is 1.56. The molecular formula is C41H45F3N4O3SSi. The van der Waals surface area contributed by atoms with Crippen molar-refractivity contribution in [1.82, 2.24) is 18.9 Å². The molecule has 0 spiro atoms. The first-order chi connectivity index (χ1) is 25.0. The van der Waals surface area contributed by atoms with Crippen molar-refractivity contribution in [2.24, 2.45) is 5.41 Å². The first-order valence-electron chi connectivity index (χ1n) is 17.6. The Morgan fingerprint density at radius 2 is 1.55 bits per heavy atom. The van der Waals surface area contributed by atoms with Gasteiger partial charge in [0.05, 0.1) is 17.5 Å². The number of methoxy groups -OCH3 is 1. The molecule has 7 nitrogen and oxygen atoms in total. The van der Waals surface area contributed by atoms with E-state index in [-0.39, 0.29) is 5.04 Å². The molecule has 0 fully saturated rings. The lowest BCUT2D eigenvalue weighted by Gasteiger charge is -2.44. The second kappa shape index (κ2) is 14.8. The zero-order valence-corrected chi connectivity index (χ0v) is 32.9. The Kier molecular flexibility index (Phi) is 10.7. The number of H-pyrrole nitrogens is 1. The van der Waals surface area contributed by atoms with Gasteiger partial charge in [0, 0.05) is 41.9 Å². The zero-order valence-electron chi connectivity index (χ0n) is 31.0. The van der Waals surface area contributed by atoms with Gasteiger partial charge in [-0.1, -0.05) is 95.3 Å². The number of pyridine rings is 1. The van der Waals surface area contributed by atoms with E-state index in [0.29, 0.717) is 51.5 Å². The zero-order chi connectivity index (χ0) is 38.2. The van der Waals surface area contributed by atoms with Crippen LogP contribution in [0.5, 0.6) is 0 Å². The maximum absolute atomic E-state index is 14.5. The highest BCUT2D eigenvalue weighted by Crippen LogP contribution is 2.44. The normalized spacial score (nSPS) is 13.5. The molecule has 0 radical (unpaired) electrons. The predicted molar refractivity (Wildman–Crippen MR) is 209 cm³/mol. The summed E-state index contributed by atoms with van der Waals surface area (Å²) in [5.41, 5.74) is 2.26. The Morgan fingerprint density at radius 3 is 2.09 bits per heavy atom. The average molecular weight is 759 g/mol. The summed E-state index contributed by atoms with van der Waals surface area (Å²) in [6.45, 7) is 11.8. The molecule has 3 aromatic heterocycles. The molecule has 1 N–H and O–H groups in total. The topological polar surface area (TPSA) is 82.0 Å². The highest BCUT2D eigenvalue weighted by atomic mass is 32.1. The molecular weight excluding hydrogens is 714 g/mol. The van der Waals surface area contributed by atoms with Crippen molar-refractivity contribution in [2.45, 2.75) is 71.8 Å². The lowest BCUT2D eigenvalue weighted by molar-refractivity contribution is -0.139. The SMILES string of the molecule is COC(C)c1ncccc1-c1c(CC(C)(C)CO[Si](c2ccccc2)(c2ccccc2)C(C)(C)C)c2cc(-c3nc(=O)[nH]s3)ccc2n1CC(F)(F)F. The lowest BCUT2D eigenvalue weighted by Crippen LogP contribution is -2.67. The van der Waals surface area contributed by atoms with E-state index in [4.69, 9.17) is 9.16 Å². The van der Waals surface area contributed by atoms with Crippen LogP contribution in [0, 0.1) is 5.41 Å². The van der Waals surface area contributed by atoms with Crippen LogP contribution < -0.4 is 16.1 Å².